The lowest BCUT2D eigenvalue weighted by molar-refractivity contribution is -0.149. The van der Waals surface area contributed by atoms with E-state index in [0.717, 1.165) is 4.88 Å². The van der Waals surface area contributed by atoms with E-state index in [4.69, 9.17) is 0 Å². The molecule has 0 radical (unpaired) electrons. The molecule has 19 heavy (non-hydrogen) atoms. The highest BCUT2D eigenvalue weighted by Crippen LogP contribution is 2.25. The third-order valence-electron chi connectivity index (χ3n) is 3.40. The fraction of sp³-hybridized carbons (Fsp3) is 0.538. The molecule has 2 amide bonds. The van der Waals surface area contributed by atoms with Gasteiger partial charge >= 0.3 is 12.0 Å². The summed E-state index contributed by atoms with van der Waals surface area (Å²) in [6.07, 6.45) is 0.980. The zero-order valence-corrected chi connectivity index (χ0v) is 12.0. The summed E-state index contributed by atoms with van der Waals surface area (Å²) in [6, 6.07) is 3.52. The third kappa shape index (κ3) is 4.24. The van der Waals surface area contributed by atoms with Gasteiger partial charge in [0.05, 0.1) is 12.0 Å². The van der Waals surface area contributed by atoms with Crippen molar-refractivity contribution in [2.75, 3.05) is 6.54 Å². The number of carbonyl (C=O) groups is 2. The maximum Gasteiger partial charge on any atom is 0.315 e. The van der Waals surface area contributed by atoms with Crippen LogP contribution in [0.4, 0.5) is 4.79 Å². The number of carbonyl (C=O) groups excluding carboxylic acids is 1. The minimum Gasteiger partial charge on any atom is -0.481 e. The first-order valence-corrected chi connectivity index (χ1v) is 7.19. The molecule has 1 aromatic rings. The van der Waals surface area contributed by atoms with Crippen LogP contribution in [0.15, 0.2) is 17.5 Å². The van der Waals surface area contributed by atoms with Crippen LogP contribution in [0.1, 0.15) is 31.6 Å². The number of nitrogens with one attached hydrogen (secondary N) is 2. The molecule has 6 heteroatoms. The molecule has 3 N–H and O–H groups in total. The van der Waals surface area contributed by atoms with Crippen molar-refractivity contribution >= 4 is 23.3 Å². The Morgan fingerprint density at radius 3 is 2.47 bits per heavy atom. The Balaban J connectivity index is 2.42. The summed E-state index contributed by atoms with van der Waals surface area (Å²) < 4.78 is 0. The van der Waals surface area contributed by atoms with Crippen LogP contribution in [0.25, 0.3) is 0 Å². The standard InChI is InChI=1S/C13H20N2O3S/c1-3-13(4-2,11(16)17)9-15-12(18)14-8-10-6-5-7-19-10/h5-7H,3-4,8-9H2,1-2H3,(H,16,17)(H2,14,15,18). The molecule has 5 nitrogen and oxygen atoms in total. The molecule has 0 saturated carbocycles. The number of amides is 2. The third-order valence-corrected chi connectivity index (χ3v) is 4.27. The molecule has 0 saturated heterocycles. The normalized spacial score (nSPS) is 11.1. The van der Waals surface area contributed by atoms with Crippen LogP contribution in [0.2, 0.25) is 0 Å². The predicted molar refractivity (Wildman–Crippen MR) is 75.2 cm³/mol. The average Bonchev–Trinajstić information content (AvgIpc) is 2.91. The van der Waals surface area contributed by atoms with Gasteiger partial charge in [-0.05, 0) is 24.3 Å². The van der Waals surface area contributed by atoms with Crippen molar-refractivity contribution in [2.45, 2.75) is 33.2 Å². The Kier molecular flexibility index (Phi) is 5.82. The van der Waals surface area contributed by atoms with Gasteiger partial charge in [0.1, 0.15) is 0 Å². The smallest absolute Gasteiger partial charge is 0.315 e. The van der Waals surface area contributed by atoms with Gasteiger partial charge in [-0.25, -0.2) is 4.79 Å². The molecule has 0 spiro atoms. The topological polar surface area (TPSA) is 78.4 Å². The molecule has 0 unspecified atom stereocenters. The summed E-state index contributed by atoms with van der Waals surface area (Å²) in [4.78, 5) is 24.0. The molecular formula is C13H20N2O3S. The van der Waals surface area contributed by atoms with E-state index in [9.17, 15) is 14.7 Å². The second-order valence-electron chi connectivity index (χ2n) is 4.41. The molecular weight excluding hydrogens is 264 g/mol. The zero-order valence-electron chi connectivity index (χ0n) is 11.2. The molecule has 0 aliphatic rings. The summed E-state index contributed by atoms with van der Waals surface area (Å²) in [7, 11) is 0. The van der Waals surface area contributed by atoms with Crippen molar-refractivity contribution < 1.29 is 14.7 Å². The Bertz CT molecular complexity index is 414. The largest absolute Gasteiger partial charge is 0.481 e. The van der Waals surface area contributed by atoms with Crippen molar-refractivity contribution in [1.29, 1.82) is 0 Å². The molecule has 0 fully saturated rings. The van der Waals surface area contributed by atoms with E-state index >= 15 is 0 Å². The predicted octanol–water partition coefficient (Wildman–Crippen LogP) is 2.44. The minimum absolute atomic E-state index is 0.144. The molecule has 106 valence electrons. The number of hydrogen-bond donors (Lipinski definition) is 3. The van der Waals surface area contributed by atoms with Crippen molar-refractivity contribution in [3.63, 3.8) is 0 Å². The highest BCUT2D eigenvalue weighted by molar-refractivity contribution is 7.09. The van der Waals surface area contributed by atoms with Gasteiger partial charge in [0.25, 0.3) is 0 Å². The second kappa shape index (κ2) is 7.13. The number of carboxylic acids is 1. The number of urea groups is 1. The van der Waals surface area contributed by atoms with Crippen molar-refractivity contribution in [3.05, 3.63) is 22.4 Å². The Morgan fingerprint density at radius 1 is 1.32 bits per heavy atom. The molecule has 1 heterocycles. The molecule has 1 aromatic heterocycles. The van der Waals surface area contributed by atoms with Crippen LogP contribution in [0, 0.1) is 5.41 Å². The van der Waals surface area contributed by atoms with Gasteiger partial charge in [-0.2, -0.15) is 0 Å². The monoisotopic (exact) mass is 284 g/mol. The summed E-state index contributed by atoms with van der Waals surface area (Å²) in [5.74, 6) is -0.865. The highest BCUT2D eigenvalue weighted by atomic mass is 32.1. The summed E-state index contributed by atoms with van der Waals surface area (Å²) in [5.41, 5.74) is -0.875. The molecule has 1 rings (SSSR count). The van der Waals surface area contributed by atoms with E-state index in [1.54, 1.807) is 11.3 Å². The van der Waals surface area contributed by atoms with Crippen molar-refractivity contribution in [3.8, 4) is 0 Å². The summed E-state index contributed by atoms with van der Waals surface area (Å²) in [5, 5.41) is 16.5. The molecule has 0 aliphatic carbocycles. The van der Waals surface area contributed by atoms with Gasteiger partial charge in [0.15, 0.2) is 0 Å². The van der Waals surface area contributed by atoms with Crippen LogP contribution in [0.5, 0.6) is 0 Å². The minimum atomic E-state index is -0.875. The van der Waals surface area contributed by atoms with Crippen LogP contribution >= 0.6 is 11.3 Å². The highest BCUT2D eigenvalue weighted by Gasteiger charge is 2.35. The van der Waals surface area contributed by atoms with Gasteiger partial charge in [-0.1, -0.05) is 19.9 Å². The Hall–Kier alpha value is -1.56. The van der Waals surface area contributed by atoms with E-state index in [1.807, 2.05) is 31.4 Å². The molecule has 0 bridgehead atoms. The lowest BCUT2D eigenvalue weighted by Crippen LogP contribution is -2.45. The number of hydrogen-bond acceptors (Lipinski definition) is 3. The quantitative estimate of drug-likeness (QED) is 0.719. The van der Waals surface area contributed by atoms with E-state index in [2.05, 4.69) is 10.6 Å². The summed E-state index contributed by atoms with van der Waals surface area (Å²) in [6.45, 7) is 4.25. The fourth-order valence-corrected chi connectivity index (χ4v) is 2.42. The van der Waals surface area contributed by atoms with Gasteiger partial charge in [-0.15, -0.1) is 11.3 Å². The maximum atomic E-state index is 11.6. The van der Waals surface area contributed by atoms with Crippen LogP contribution in [-0.4, -0.2) is 23.7 Å². The van der Waals surface area contributed by atoms with Crippen molar-refractivity contribution in [1.82, 2.24) is 10.6 Å². The zero-order chi connectivity index (χ0) is 14.3. The molecule has 0 atom stereocenters. The first-order valence-electron chi connectivity index (χ1n) is 6.31. The number of thiophene rings is 1. The SMILES string of the molecule is CCC(CC)(CNC(=O)NCc1cccs1)C(=O)O. The van der Waals surface area contributed by atoms with Crippen LogP contribution in [-0.2, 0) is 11.3 Å². The lowest BCUT2D eigenvalue weighted by Gasteiger charge is -2.26. The Morgan fingerprint density at radius 2 is 2.00 bits per heavy atom. The molecule has 0 aromatic carbocycles. The van der Waals surface area contributed by atoms with Gasteiger partial charge in [0, 0.05) is 11.4 Å². The molecule has 0 aliphatic heterocycles. The Labute approximate surface area is 117 Å². The number of carboxylic acid groups (broad SMARTS) is 1. The van der Waals surface area contributed by atoms with E-state index < -0.39 is 11.4 Å². The van der Waals surface area contributed by atoms with Crippen molar-refractivity contribution in [2.24, 2.45) is 5.41 Å². The van der Waals surface area contributed by atoms with E-state index in [-0.39, 0.29) is 12.6 Å². The first-order chi connectivity index (χ1) is 9.04. The second-order valence-corrected chi connectivity index (χ2v) is 5.44. The summed E-state index contributed by atoms with van der Waals surface area (Å²) >= 11 is 1.57. The van der Waals surface area contributed by atoms with Gasteiger partial charge in [-0.3, -0.25) is 4.79 Å². The van der Waals surface area contributed by atoms with Crippen LogP contribution in [0.3, 0.4) is 0 Å². The van der Waals surface area contributed by atoms with Gasteiger partial charge in [0.2, 0.25) is 0 Å². The van der Waals surface area contributed by atoms with Crippen LogP contribution < -0.4 is 10.6 Å². The van der Waals surface area contributed by atoms with E-state index in [0.29, 0.717) is 19.4 Å². The average molecular weight is 284 g/mol. The number of aliphatic carboxylic acids is 1. The number of rotatable bonds is 7. The van der Waals surface area contributed by atoms with E-state index in [1.165, 1.54) is 0 Å². The first kappa shape index (κ1) is 15.5. The fourth-order valence-electron chi connectivity index (χ4n) is 1.77. The maximum absolute atomic E-state index is 11.6. The van der Waals surface area contributed by atoms with Gasteiger partial charge < -0.3 is 15.7 Å². The lowest BCUT2D eigenvalue weighted by atomic mass is 9.82.